The van der Waals surface area contributed by atoms with E-state index in [0.717, 1.165) is 29.8 Å². The Morgan fingerprint density at radius 1 is 1.29 bits per heavy atom. The zero-order chi connectivity index (χ0) is 19.1. The van der Waals surface area contributed by atoms with E-state index >= 15 is 0 Å². The van der Waals surface area contributed by atoms with Gasteiger partial charge in [-0.1, -0.05) is 11.2 Å². The van der Waals surface area contributed by atoms with E-state index in [4.69, 9.17) is 4.52 Å². The second kappa shape index (κ2) is 6.97. The predicted molar refractivity (Wildman–Crippen MR) is 102 cm³/mol. The lowest BCUT2D eigenvalue weighted by atomic mass is 10.1. The minimum absolute atomic E-state index is 0.0101. The molecule has 0 N–H and O–H groups in total. The van der Waals surface area contributed by atoms with Gasteiger partial charge in [-0.05, 0) is 30.7 Å². The number of hydrogen-bond donors (Lipinski definition) is 0. The van der Waals surface area contributed by atoms with Crippen molar-refractivity contribution in [3.8, 4) is 10.8 Å². The van der Waals surface area contributed by atoms with Gasteiger partial charge >= 0.3 is 0 Å². The third-order valence-electron chi connectivity index (χ3n) is 5.28. The van der Waals surface area contributed by atoms with Crippen molar-refractivity contribution < 1.29 is 9.32 Å². The molecule has 9 heteroatoms. The molecular weight excluding hydrogens is 378 g/mol. The summed E-state index contributed by atoms with van der Waals surface area (Å²) in [5.74, 6) is 1.53. The zero-order valence-electron chi connectivity index (χ0n) is 15.2. The standard InChI is InChI=1S/C19H19N5O3S/c25-16-8-14(12-3-4-12)20-11-24(16)10-17(26)23-6-5-13(9-23)18-21-19(27-22-18)15-2-1-7-28-15/h1-2,7-8,11-13H,3-6,9-10H2. The number of nitrogens with zero attached hydrogens (tertiary/aromatic N) is 5. The van der Waals surface area contributed by atoms with Crippen molar-refractivity contribution in [1.29, 1.82) is 0 Å². The van der Waals surface area contributed by atoms with Crippen LogP contribution in [0.1, 0.15) is 42.6 Å². The van der Waals surface area contributed by atoms with E-state index < -0.39 is 0 Å². The van der Waals surface area contributed by atoms with Crippen LogP contribution in [0.2, 0.25) is 0 Å². The molecule has 0 spiro atoms. The molecule has 5 rings (SSSR count). The molecule has 0 radical (unpaired) electrons. The molecule has 8 nitrogen and oxygen atoms in total. The van der Waals surface area contributed by atoms with Gasteiger partial charge in [0.05, 0.1) is 16.9 Å². The van der Waals surface area contributed by atoms with Crippen molar-refractivity contribution in [1.82, 2.24) is 24.6 Å². The van der Waals surface area contributed by atoms with Crippen molar-refractivity contribution in [2.45, 2.75) is 37.6 Å². The van der Waals surface area contributed by atoms with Gasteiger partial charge in [0.2, 0.25) is 5.91 Å². The fraction of sp³-hybridized carbons (Fsp3) is 0.421. The molecule has 28 heavy (non-hydrogen) atoms. The summed E-state index contributed by atoms with van der Waals surface area (Å²) in [4.78, 5) is 36.4. The SMILES string of the molecule is O=C(Cn1cnc(C2CC2)cc1=O)N1CCC(c2noc(-c3cccs3)n2)C1. The average Bonchev–Trinajstić information content (AvgIpc) is 3.11. The van der Waals surface area contributed by atoms with Gasteiger partial charge in [-0.25, -0.2) is 4.98 Å². The van der Waals surface area contributed by atoms with Crippen molar-refractivity contribution >= 4 is 17.2 Å². The molecule has 2 aliphatic rings. The molecule has 0 bridgehead atoms. The summed E-state index contributed by atoms with van der Waals surface area (Å²) in [5, 5.41) is 6.06. The van der Waals surface area contributed by atoms with Crippen LogP contribution >= 0.6 is 11.3 Å². The van der Waals surface area contributed by atoms with E-state index in [2.05, 4.69) is 15.1 Å². The van der Waals surface area contributed by atoms with E-state index in [1.165, 1.54) is 10.9 Å². The van der Waals surface area contributed by atoms with Crippen LogP contribution in [0.15, 0.2) is 39.2 Å². The Kier molecular flexibility index (Phi) is 4.31. The lowest BCUT2D eigenvalue weighted by Gasteiger charge is -2.16. The van der Waals surface area contributed by atoms with Gasteiger partial charge in [0.25, 0.3) is 11.4 Å². The molecule has 4 heterocycles. The molecule has 1 atom stereocenters. The molecule has 144 valence electrons. The molecular formula is C19H19N5O3S. The van der Waals surface area contributed by atoms with Crippen molar-refractivity contribution in [2.75, 3.05) is 13.1 Å². The Labute approximate surface area is 164 Å². The molecule has 1 unspecified atom stereocenters. The Morgan fingerprint density at radius 2 is 2.18 bits per heavy atom. The fourth-order valence-electron chi connectivity index (χ4n) is 3.51. The molecule has 1 saturated carbocycles. The molecule has 3 aromatic heterocycles. The monoisotopic (exact) mass is 397 g/mol. The minimum atomic E-state index is -0.167. The normalized spacial score (nSPS) is 19.3. The first-order valence-corrected chi connectivity index (χ1v) is 10.3. The van der Waals surface area contributed by atoms with Crippen LogP contribution in [-0.4, -0.2) is 43.6 Å². The van der Waals surface area contributed by atoms with Crippen LogP contribution in [0, 0.1) is 0 Å². The highest BCUT2D eigenvalue weighted by Gasteiger charge is 2.31. The third-order valence-corrected chi connectivity index (χ3v) is 6.14. The van der Waals surface area contributed by atoms with E-state index in [0.29, 0.717) is 30.7 Å². The predicted octanol–water partition coefficient (Wildman–Crippen LogP) is 2.25. The Hall–Kier alpha value is -2.81. The van der Waals surface area contributed by atoms with Crippen LogP contribution in [0.25, 0.3) is 10.8 Å². The van der Waals surface area contributed by atoms with Crippen LogP contribution in [0.5, 0.6) is 0 Å². The Balaban J connectivity index is 1.23. The van der Waals surface area contributed by atoms with Gasteiger partial charge in [-0.15, -0.1) is 11.3 Å². The summed E-state index contributed by atoms with van der Waals surface area (Å²) in [6, 6.07) is 5.43. The lowest BCUT2D eigenvalue weighted by molar-refractivity contribution is -0.130. The van der Waals surface area contributed by atoms with Gasteiger partial charge in [0, 0.05) is 31.0 Å². The largest absolute Gasteiger partial charge is 0.340 e. The van der Waals surface area contributed by atoms with Crippen LogP contribution < -0.4 is 5.56 Å². The summed E-state index contributed by atoms with van der Waals surface area (Å²) >= 11 is 1.55. The third kappa shape index (κ3) is 3.37. The summed E-state index contributed by atoms with van der Waals surface area (Å²) in [6.07, 6.45) is 4.46. The number of aromatic nitrogens is 4. The van der Waals surface area contributed by atoms with Crippen LogP contribution in [-0.2, 0) is 11.3 Å². The lowest BCUT2D eigenvalue weighted by Crippen LogP contribution is -2.35. The van der Waals surface area contributed by atoms with Gasteiger partial charge in [-0.2, -0.15) is 4.98 Å². The highest BCUT2D eigenvalue weighted by Crippen LogP contribution is 2.38. The van der Waals surface area contributed by atoms with Crippen molar-refractivity contribution in [3.05, 3.63) is 51.8 Å². The number of likely N-dealkylation sites (tertiary alicyclic amines) is 1. The highest BCUT2D eigenvalue weighted by atomic mass is 32.1. The number of carbonyl (C=O) groups is 1. The maximum absolute atomic E-state index is 12.6. The van der Waals surface area contributed by atoms with Gasteiger partial charge in [0.1, 0.15) is 6.54 Å². The van der Waals surface area contributed by atoms with E-state index in [1.54, 1.807) is 22.3 Å². The van der Waals surface area contributed by atoms with E-state index in [1.807, 2.05) is 17.5 Å². The number of hydrogen-bond acceptors (Lipinski definition) is 7. The molecule has 0 aromatic carbocycles. The summed E-state index contributed by atoms with van der Waals surface area (Å²) in [7, 11) is 0. The molecule has 1 aliphatic heterocycles. The second-order valence-electron chi connectivity index (χ2n) is 7.31. The topological polar surface area (TPSA) is 94.1 Å². The quantitative estimate of drug-likeness (QED) is 0.655. The van der Waals surface area contributed by atoms with Crippen LogP contribution in [0.3, 0.4) is 0 Å². The maximum atomic E-state index is 12.6. The summed E-state index contributed by atoms with van der Waals surface area (Å²) in [5.41, 5.74) is 0.674. The first kappa shape index (κ1) is 17.3. The van der Waals surface area contributed by atoms with Gasteiger partial charge in [-0.3, -0.25) is 14.2 Å². The number of thiophene rings is 1. The van der Waals surface area contributed by atoms with Gasteiger partial charge < -0.3 is 9.42 Å². The Bertz CT molecular complexity index is 1050. The van der Waals surface area contributed by atoms with E-state index in [-0.39, 0.29) is 23.9 Å². The number of rotatable bonds is 5. The van der Waals surface area contributed by atoms with Crippen molar-refractivity contribution in [2.24, 2.45) is 0 Å². The zero-order valence-corrected chi connectivity index (χ0v) is 16.0. The highest BCUT2D eigenvalue weighted by molar-refractivity contribution is 7.13. The smallest absolute Gasteiger partial charge is 0.267 e. The van der Waals surface area contributed by atoms with Crippen molar-refractivity contribution in [3.63, 3.8) is 0 Å². The number of amides is 1. The minimum Gasteiger partial charge on any atom is -0.340 e. The molecule has 1 saturated heterocycles. The average molecular weight is 397 g/mol. The van der Waals surface area contributed by atoms with E-state index in [9.17, 15) is 9.59 Å². The first-order valence-electron chi connectivity index (χ1n) is 9.39. The first-order chi connectivity index (χ1) is 13.7. The maximum Gasteiger partial charge on any atom is 0.267 e. The van der Waals surface area contributed by atoms with Gasteiger partial charge in [0.15, 0.2) is 5.82 Å². The summed E-state index contributed by atoms with van der Waals surface area (Å²) < 4.78 is 6.74. The second-order valence-corrected chi connectivity index (χ2v) is 8.26. The Morgan fingerprint density at radius 3 is 2.93 bits per heavy atom. The molecule has 2 fully saturated rings. The fourth-order valence-corrected chi connectivity index (χ4v) is 4.15. The van der Waals surface area contributed by atoms with Crippen LogP contribution in [0.4, 0.5) is 0 Å². The molecule has 1 amide bonds. The molecule has 3 aromatic rings. The summed E-state index contributed by atoms with van der Waals surface area (Å²) in [6.45, 7) is 1.16. The molecule has 1 aliphatic carbocycles. The number of carbonyl (C=O) groups excluding carboxylic acids is 1.